The van der Waals surface area contributed by atoms with Gasteiger partial charge in [0.1, 0.15) is 23.9 Å². The number of fused-ring (bicyclic) bond motifs is 1. The summed E-state index contributed by atoms with van der Waals surface area (Å²) in [5.74, 6) is 0.655. The molecule has 0 spiro atoms. The summed E-state index contributed by atoms with van der Waals surface area (Å²) in [6.07, 6.45) is 8.30. The lowest BCUT2D eigenvalue weighted by molar-refractivity contribution is 0.0211. The minimum atomic E-state index is -0.182. The van der Waals surface area contributed by atoms with E-state index in [1.165, 1.54) is 6.33 Å². The largest absolute Gasteiger partial charge is 0.446 e. The third kappa shape index (κ3) is 3.96. The highest BCUT2D eigenvalue weighted by atomic mass is 35.5. The highest BCUT2D eigenvalue weighted by molar-refractivity contribution is 6.33. The van der Waals surface area contributed by atoms with E-state index in [9.17, 15) is 4.79 Å². The van der Waals surface area contributed by atoms with Gasteiger partial charge in [-0.1, -0.05) is 11.6 Å². The molecule has 1 aliphatic heterocycles. The van der Waals surface area contributed by atoms with Gasteiger partial charge in [0.15, 0.2) is 0 Å². The number of carbonyl (C=O) groups excluding carboxylic acids is 1. The zero-order chi connectivity index (χ0) is 22.1. The lowest BCUT2D eigenvalue weighted by Crippen LogP contribution is -2.41. The molecule has 1 aliphatic carbocycles. The average Bonchev–Trinajstić information content (AvgIpc) is 3.22. The number of halogens is 1. The summed E-state index contributed by atoms with van der Waals surface area (Å²) in [4.78, 5) is 23.1. The fourth-order valence-corrected chi connectivity index (χ4v) is 4.44. The Bertz CT molecular complexity index is 1190. The number of amides is 1. The number of aromatic nitrogens is 3. The third-order valence-corrected chi connectivity index (χ3v) is 6.61. The molecular weight excluding hydrogens is 428 g/mol. The van der Waals surface area contributed by atoms with Gasteiger partial charge in [-0.15, -0.1) is 0 Å². The van der Waals surface area contributed by atoms with Crippen molar-refractivity contribution in [3.8, 4) is 6.07 Å². The number of nitrogens with one attached hydrogen (secondary N) is 1. The van der Waals surface area contributed by atoms with E-state index in [-0.39, 0.29) is 18.2 Å². The molecule has 9 heteroatoms. The topological polar surface area (TPSA) is 96.1 Å². The number of ether oxygens (including phenoxy) is 1. The molecule has 164 valence electrons. The van der Waals surface area contributed by atoms with Crippen LogP contribution < -0.4 is 5.32 Å². The van der Waals surface area contributed by atoms with Crippen molar-refractivity contribution in [2.75, 3.05) is 18.4 Å². The predicted octanol–water partition coefficient (Wildman–Crippen LogP) is 5.03. The summed E-state index contributed by atoms with van der Waals surface area (Å²) in [5, 5.41) is 13.6. The van der Waals surface area contributed by atoms with Gasteiger partial charge in [-0.3, -0.25) is 0 Å². The summed E-state index contributed by atoms with van der Waals surface area (Å²) in [5.41, 5.74) is 2.02. The lowest BCUT2D eigenvalue weighted by atomic mass is 9.96. The molecule has 5 rings (SSSR count). The monoisotopic (exact) mass is 450 g/mol. The SMILES string of the molecule is N#Cc1ccc(Nc2ncnc3c2ccn3C2CCN(C(=O)OC3CCC3)CC2)c(Cl)c1. The van der Waals surface area contributed by atoms with Gasteiger partial charge in [0.2, 0.25) is 0 Å². The first-order valence-electron chi connectivity index (χ1n) is 10.9. The van der Waals surface area contributed by atoms with Crippen LogP contribution in [0.1, 0.15) is 43.7 Å². The third-order valence-electron chi connectivity index (χ3n) is 6.30. The maximum absolute atomic E-state index is 12.3. The zero-order valence-electron chi connectivity index (χ0n) is 17.5. The van der Waals surface area contributed by atoms with Crippen LogP contribution in [0.15, 0.2) is 36.8 Å². The van der Waals surface area contributed by atoms with Crippen LogP contribution in [-0.4, -0.2) is 44.7 Å². The molecule has 8 nitrogen and oxygen atoms in total. The molecule has 2 aromatic heterocycles. The van der Waals surface area contributed by atoms with Crippen molar-refractivity contribution in [3.63, 3.8) is 0 Å². The second-order valence-electron chi connectivity index (χ2n) is 8.27. The molecule has 1 saturated carbocycles. The standard InChI is InChI=1S/C23H23ClN6O2/c24-19-12-15(13-25)4-5-20(19)28-21-18-8-11-30(22(18)27-14-26-21)16-6-9-29(10-7-16)23(31)32-17-2-1-3-17/h4-5,8,11-12,14,16-17H,1-3,6-7,9-10H2,(H,26,27,28). The van der Waals surface area contributed by atoms with Crippen LogP contribution in [0.3, 0.4) is 0 Å². The number of hydrogen-bond donors (Lipinski definition) is 1. The van der Waals surface area contributed by atoms with E-state index in [2.05, 4.69) is 25.9 Å². The van der Waals surface area contributed by atoms with E-state index < -0.39 is 0 Å². The molecule has 1 N–H and O–H groups in total. The van der Waals surface area contributed by atoms with Gasteiger partial charge in [-0.05, 0) is 56.4 Å². The lowest BCUT2D eigenvalue weighted by Gasteiger charge is -2.34. The molecule has 0 bridgehead atoms. The van der Waals surface area contributed by atoms with Gasteiger partial charge in [0, 0.05) is 25.3 Å². The molecule has 0 radical (unpaired) electrons. The van der Waals surface area contributed by atoms with Gasteiger partial charge >= 0.3 is 6.09 Å². The molecular formula is C23H23ClN6O2. The number of anilines is 2. The first kappa shape index (κ1) is 20.6. The number of rotatable bonds is 4. The van der Waals surface area contributed by atoms with Crippen LogP contribution in [0.4, 0.5) is 16.3 Å². The number of carbonyl (C=O) groups is 1. The van der Waals surface area contributed by atoms with Crippen molar-refractivity contribution in [2.45, 2.75) is 44.2 Å². The van der Waals surface area contributed by atoms with E-state index in [4.69, 9.17) is 21.6 Å². The molecule has 1 aromatic carbocycles. The Hall–Kier alpha value is -3.31. The Morgan fingerprint density at radius 2 is 2.00 bits per heavy atom. The van der Waals surface area contributed by atoms with Gasteiger partial charge in [-0.2, -0.15) is 5.26 Å². The zero-order valence-corrected chi connectivity index (χ0v) is 18.3. The van der Waals surface area contributed by atoms with Crippen LogP contribution in [0.25, 0.3) is 11.0 Å². The molecule has 2 aliphatic rings. The normalized spacial score (nSPS) is 17.1. The summed E-state index contributed by atoms with van der Waals surface area (Å²) in [7, 11) is 0. The Balaban J connectivity index is 1.30. The minimum Gasteiger partial charge on any atom is -0.446 e. The molecule has 0 unspecified atom stereocenters. The van der Waals surface area contributed by atoms with Crippen LogP contribution in [0.5, 0.6) is 0 Å². The highest BCUT2D eigenvalue weighted by Crippen LogP contribution is 2.32. The van der Waals surface area contributed by atoms with Gasteiger partial charge in [0.05, 0.1) is 27.7 Å². The summed E-state index contributed by atoms with van der Waals surface area (Å²) in [6, 6.07) is 9.42. The summed E-state index contributed by atoms with van der Waals surface area (Å²) < 4.78 is 7.71. The Morgan fingerprint density at radius 3 is 2.69 bits per heavy atom. The van der Waals surface area contributed by atoms with Crippen LogP contribution in [0, 0.1) is 11.3 Å². The van der Waals surface area contributed by atoms with E-state index in [1.807, 2.05) is 17.2 Å². The highest BCUT2D eigenvalue weighted by Gasteiger charge is 2.29. The van der Waals surface area contributed by atoms with Crippen molar-refractivity contribution in [2.24, 2.45) is 0 Å². The maximum Gasteiger partial charge on any atom is 0.410 e. The van der Waals surface area contributed by atoms with Gasteiger partial charge in [0.25, 0.3) is 0 Å². The van der Waals surface area contributed by atoms with Crippen molar-refractivity contribution in [3.05, 3.63) is 47.4 Å². The van der Waals surface area contributed by atoms with Crippen molar-refractivity contribution < 1.29 is 9.53 Å². The fraction of sp³-hybridized carbons (Fsp3) is 0.391. The van der Waals surface area contributed by atoms with Gasteiger partial charge in [-0.25, -0.2) is 14.8 Å². The van der Waals surface area contributed by atoms with Crippen LogP contribution in [0.2, 0.25) is 5.02 Å². The second-order valence-corrected chi connectivity index (χ2v) is 8.68. The Morgan fingerprint density at radius 1 is 1.19 bits per heavy atom. The second kappa shape index (κ2) is 8.67. The molecule has 1 amide bonds. The first-order chi connectivity index (χ1) is 15.6. The van der Waals surface area contributed by atoms with E-state index in [1.54, 1.807) is 18.2 Å². The molecule has 0 atom stereocenters. The van der Waals surface area contributed by atoms with E-state index >= 15 is 0 Å². The Kier molecular flexibility index (Phi) is 5.58. The maximum atomic E-state index is 12.3. The number of piperidine rings is 1. The Labute approximate surface area is 190 Å². The number of nitrogens with zero attached hydrogens (tertiary/aromatic N) is 5. The summed E-state index contributed by atoms with van der Waals surface area (Å²) >= 11 is 6.32. The van der Waals surface area contributed by atoms with Crippen molar-refractivity contribution in [1.29, 1.82) is 5.26 Å². The first-order valence-corrected chi connectivity index (χ1v) is 11.2. The molecule has 3 aromatic rings. The number of hydrogen-bond acceptors (Lipinski definition) is 6. The molecule has 1 saturated heterocycles. The van der Waals surface area contributed by atoms with Crippen molar-refractivity contribution in [1.82, 2.24) is 19.4 Å². The molecule has 2 fully saturated rings. The average molecular weight is 451 g/mol. The summed E-state index contributed by atoms with van der Waals surface area (Å²) in [6.45, 7) is 1.35. The molecule has 32 heavy (non-hydrogen) atoms. The predicted molar refractivity (Wildman–Crippen MR) is 121 cm³/mol. The number of nitriles is 1. The van der Waals surface area contributed by atoms with Crippen LogP contribution >= 0.6 is 11.6 Å². The fourth-order valence-electron chi connectivity index (χ4n) is 4.21. The quantitative estimate of drug-likeness (QED) is 0.599. The minimum absolute atomic E-state index is 0.112. The van der Waals surface area contributed by atoms with E-state index in [0.29, 0.717) is 35.2 Å². The molecule has 3 heterocycles. The van der Waals surface area contributed by atoms with E-state index in [0.717, 1.165) is 43.1 Å². The van der Waals surface area contributed by atoms with Gasteiger partial charge < -0.3 is 19.5 Å². The van der Waals surface area contributed by atoms with Crippen LogP contribution in [-0.2, 0) is 4.74 Å². The number of benzene rings is 1. The smallest absolute Gasteiger partial charge is 0.410 e. The van der Waals surface area contributed by atoms with Crippen molar-refractivity contribution >= 4 is 40.2 Å². The number of likely N-dealkylation sites (tertiary alicyclic amines) is 1.